The molecule has 0 N–H and O–H groups in total. The number of carboxylic acid groups (broad SMARTS) is 1. The minimum atomic E-state index is -1.35. The van der Waals surface area contributed by atoms with Gasteiger partial charge in [0.25, 0.3) is 5.22 Å². The third-order valence-electron chi connectivity index (χ3n) is 2.92. The summed E-state index contributed by atoms with van der Waals surface area (Å²) >= 11 is 4.21. The number of furan rings is 1. The van der Waals surface area contributed by atoms with Crippen molar-refractivity contribution in [3.8, 4) is 11.3 Å². The van der Waals surface area contributed by atoms with Crippen molar-refractivity contribution in [2.24, 2.45) is 0 Å². The highest BCUT2D eigenvalue weighted by atomic mass is 79.9. The van der Waals surface area contributed by atoms with Crippen molar-refractivity contribution in [2.75, 3.05) is 0 Å². The van der Waals surface area contributed by atoms with E-state index in [0.29, 0.717) is 17.4 Å². The fourth-order valence-corrected chi connectivity index (χ4v) is 2.99. The second-order valence-electron chi connectivity index (χ2n) is 4.70. The van der Waals surface area contributed by atoms with Gasteiger partial charge in [0.1, 0.15) is 11.5 Å². The number of thioether (sulfide) groups is 1. The topological polar surface area (TPSA) is 92.2 Å². The molecule has 1 aromatic carbocycles. The van der Waals surface area contributed by atoms with Crippen molar-refractivity contribution in [1.82, 2.24) is 10.2 Å². The molecule has 0 aliphatic rings. The summed E-state index contributed by atoms with van der Waals surface area (Å²) in [6.45, 7) is 1.62. The normalized spacial score (nSPS) is 11.7. The van der Waals surface area contributed by atoms with E-state index in [0.717, 1.165) is 21.8 Å². The van der Waals surface area contributed by atoms with Gasteiger partial charge in [-0.25, -0.2) is 0 Å². The van der Waals surface area contributed by atoms with Gasteiger partial charge in [0.05, 0.1) is 5.97 Å². The van der Waals surface area contributed by atoms with Crippen molar-refractivity contribution in [1.29, 1.82) is 0 Å². The summed E-state index contributed by atoms with van der Waals surface area (Å²) in [6.07, 6.45) is 1.36. The number of aromatic nitrogens is 2. The SMILES string of the molecule is Cc1nnc(S/C(=C/c2ccc(-c3cccc(Br)c3)o2)C(=O)[O-])o1. The summed E-state index contributed by atoms with van der Waals surface area (Å²) < 4.78 is 11.8. The van der Waals surface area contributed by atoms with Gasteiger partial charge in [-0.05, 0) is 42.1 Å². The molecule has 2 heterocycles. The average Bonchev–Trinajstić information content (AvgIpc) is 3.16. The van der Waals surface area contributed by atoms with Crippen molar-refractivity contribution >= 4 is 39.7 Å². The summed E-state index contributed by atoms with van der Waals surface area (Å²) in [4.78, 5) is 11.2. The predicted molar refractivity (Wildman–Crippen MR) is 89.7 cm³/mol. The summed E-state index contributed by atoms with van der Waals surface area (Å²) in [6, 6.07) is 11.0. The summed E-state index contributed by atoms with van der Waals surface area (Å²) in [5.74, 6) is 0.00758. The molecule has 122 valence electrons. The van der Waals surface area contributed by atoms with Crippen LogP contribution in [0.25, 0.3) is 17.4 Å². The quantitative estimate of drug-likeness (QED) is 0.474. The van der Waals surface area contributed by atoms with E-state index in [-0.39, 0.29) is 10.1 Å². The van der Waals surface area contributed by atoms with Gasteiger partial charge < -0.3 is 18.7 Å². The van der Waals surface area contributed by atoms with Crippen molar-refractivity contribution < 1.29 is 18.7 Å². The second-order valence-corrected chi connectivity index (χ2v) is 6.61. The Balaban J connectivity index is 1.86. The monoisotopic (exact) mass is 405 g/mol. The van der Waals surface area contributed by atoms with Crippen LogP contribution in [0, 0.1) is 6.92 Å². The summed E-state index contributed by atoms with van der Waals surface area (Å²) in [5, 5.41) is 18.8. The van der Waals surface area contributed by atoms with Crippen molar-refractivity contribution in [2.45, 2.75) is 12.1 Å². The zero-order chi connectivity index (χ0) is 17.1. The molecular formula is C16H10BrN2O4S-. The van der Waals surface area contributed by atoms with Gasteiger partial charge in [-0.3, -0.25) is 0 Å². The third kappa shape index (κ3) is 3.95. The van der Waals surface area contributed by atoms with E-state index in [2.05, 4.69) is 26.1 Å². The molecule has 6 nitrogen and oxygen atoms in total. The van der Waals surface area contributed by atoms with Crippen LogP contribution in [-0.2, 0) is 4.79 Å². The largest absolute Gasteiger partial charge is 0.544 e. The highest BCUT2D eigenvalue weighted by molar-refractivity contribution is 9.10. The van der Waals surface area contributed by atoms with E-state index in [9.17, 15) is 9.90 Å². The molecule has 0 saturated carbocycles. The number of nitrogens with zero attached hydrogens (tertiary/aromatic N) is 2. The number of hydrogen-bond donors (Lipinski definition) is 0. The number of carbonyl (C=O) groups is 1. The van der Waals surface area contributed by atoms with Gasteiger partial charge in [0.15, 0.2) is 0 Å². The molecule has 0 atom stereocenters. The molecule has 24 heavy (non-hydrogen) atoms. The molecule has 0 saturated heterocycles. The smallest absolute Gasteiger partial charge is 0.281 e. The number of carboxylic acids is 1. The Hall–Kier alpha value is -2.32. The molecule has 0 radical (unpaired) electrons. The highest BCUT2D eigenvalue weighted by Gasteiger charge is 2.11. The van der Waals surface area contributed by atoms with Crippen LogP contribution in [0.1, 0.15) is 11.7 Å². The van der Waals surface area contributed by atoms with E-state index in [1.165, 1.54) is 6.08 Å². The Morgan fingerprint density at radius 3 is 2.75 bits per heavy atom. The molecule has 0 aliphatic carbocycles. The lowest BCUT2D eigenvalue weighted by Crippen LogP contribution is -2.22. The second kappa shape index (κ2) is 7.06. The average molecular weight is 406 g/mol. The number of halogens is 1. The maximum absolute atomic E-state index is 11.3. The summed E-state index contributed by atoms with van der Waals surface area (Å²) in [7, 11) is 0. The minimum Gasteiger partial charge on any atom is -0.544 e. The van der Waals surface area contributed by atoms with Crippen LogP contribution in [0.15, 0.2) is 59.8 Å². The van der Waals surface area contributed by atoms with Crippen LogP contribution in [0.2, 0.25) is 0 Å². The van der Waals surface area contributed by atoms with Gasteiger partial charge in [-0.1, -0.05) is 28.1 Å². The van der Waals surface area contributed by atoms with E-state index in [1.807, 2.05) is 24.3 Å². The number of benzene rings is 1. The first-order chi connectivity index (χ1) is 11.5. The van der Waals surface area contributed by atoms with Crippen molar-refractivity contribution in [3.05, 3.63) is 57.4 Å². The van der Waals surface area contributed by atoms with E-state index in [4.69, 9.17) is 8.83 Å². The minimum absolute atomic E-state index is 0.0891. The third-order valence-corrected chi connectivity index (χ3v) is 4.25. The Kier molecular flexibility index (Phi) is 4.86. The molecule has 2 aromatic heterocycles. The van der Waals surface area contributed by atoms with E-state index >= 15 is 0 Å². The zero-order valence-corrected chi connectivity index (χ0v) is 14.8. The fourth-order valence-electron chi connectivity index (χ4n) is 1.90. The Labute approximate surface area is 149 Å². The lowest BCUT2D eigenvalue weighted by atomic mass is 10.2. The first-order valence-electron chi connectivity index (χ1n) is 6.78. The maximum Gasteiger partial charge on any atom is 0.281 e. The first-order valence-corrected chi connectivity index (χ1v) is 8.39. The van der Waals surface area contributed by atoms with Crippen LogP contribution in [0.3, 0.4) is 0 Å². The van der Waals surface area contributed by atoms with Crippen LogP contribution in [0.5, 0.6) is 0 Å². The first kappa shape index (κ1) is 16.5. The standard InChI is InChI=1S/C16H11BrN2O4S/c1-9-18-19-16(22-9)24-14(15(20)21)8-12-5-6-13(23-12)10-3-2-4-11(17)7-10/h2-8H,1H3,(H,20,21)/p-1/b14-8+. The molecule has 0 unspecified atom stereocenters. The predicted octanol–water partition coefficient (Wildman–Crippen LogP) is 3.28. The van der Waals surface area contributed by atoms with Crippen LogP contribution < -0.4 is 5.11 Å². The maximum atomic E-state index is 11.3. The van der Waals surface area contributed by atoms with Crippen LogP contribution >= 0.6 is 27.7 Å². The lowest BCUT2D eigenvalue weighted by Gasteiger charge is -2.04. The van der Waals surface area contributed by atoms with Gasteiger partial charge in [0, 0.05) is 21.9 Å². The number of carbonyl (C=O) groups excluding carboxylic acids is 1. The molecule has 0 aliphatic heterocycles. The molecule has 0 fully saturated rings. The molecule has 8 heteroatoms. The Morgan fingerprint density at radius 2 is 2.08 bits per heavy atom. The van der Waals surface area contributed by atoms with Crippen molar-refractivity contribution in [3.63, 3.8) is 0 Å². The number of rotatable bonds is 5. The fraction of sp³-hybridized carbons (Fsp3) is 0.0625. The van der Waals surface area contributed by atoms with Gasteiger partial charge >= 0.3 is 0 Å². The van der Waals surface area contributed by atoms with Gasteiger partial charge in [-0.2, -0.15) is 0 Å². The molecule has 0 bridgehead atoms. The Bertz CT molecular complexity index is 916. The highest BCUT2D eigenvalue weighted by Crippen LogP contribution is 2.29. The summed E-state index contributed by atoms with van der Waals surface area (Å²) in [5.41, 5.74) is 0.874. The van der Waals surface area contributed by atoms with E-state index < -0.39 is 5.97 Å². The lowest BCUT2D eigenvalue weighted by molar-refractivity contribution is -0.298. The Morgan fingerprint density at radius 1 is 1.25 bits per heavy atom. The number of hydrogen-bond acceptors (Lipinski definition) is 7. The van der Waals surface area contributed by atoms with Gasteiger partial charge in [0.2, 0.25) is 5.89 Å². The molecule has 3 aromatic rings. The molecule has 0 spiro atoms. The van der Waals surface area contributed by atoms with Gasteiger partial charge in [-0.15, -0.1) is 10.2 Å². The molecular weight excluding hydrogens is 396 g/mol. The zero-order valence-electron chi connectivity index (χ0n) is 12.4. The number of aryl methyl sites for hydroxylation is 1. The van der Waals surface area contributed by atoms with Crippen LogP contribution in [-0.4, -0.2) is 16.2 Å². The van der Waals surface area contributed by atoms with E-state index in [1.54, 1.807) is 19.1 Å². The molecule has 3 rings (SSSR count). The number of aliphatic carboxylic acids is 1. The molecule has 0 amide bonds. The van der Waals surface area contributed by atoms with Crippen LogP contribution in [0.4, 0.5) is 0 Å².